The van der Waals surface area contributed by atoms with Gasteiger partial charge in [0, 0.05) is 18.3 Å². The first-order valence-corrected chi connectivity index (χ1v) is 10.3. The molecule has 9 nitrogen and oxygen atoms in total. The molecule has 2 aromatic carbocycles. The van der Waals surface area contributed by atoms with E-state index in [2.05, 4.69) is 16.0 Å². The van der Waals surface area contributed by atoms with Crippen LogP contribution in [0.5, 0.6) is 11.5 Å². The summed E-state index contributed by atoms with van der Waals surface area (Å²) in [6, 6.07) is 13.7. The minimum absolute atomic E-state index is 0.121. The highest BCUT2D eigenvalue weighted by Crippen LogP contribution is 2.34. The van der Waals surface area contributed by atoms with E-state index < -0.39 is 24.3 Å². The number of urea groups is 1. The molecule has 0 radical (unpaired) electrons. The number of carbonyl (C=O) groups excluding carboxylic acids is 2. The molecule has 2 aliphatic heterocycles. The standard InChI is InChI=1S/C23H25N3O6/c27-13-21-18(26-23(29)25-16-6-9-19-20(10-16)31-14-30-19)8-7-17(32-21)11-22(28)24-12-15-4-2-1-3-5-15/h1-10,17-18,21,27H,11-14H2,(H,24,28)(H2,25,26,29)/t17-,18-,21+/m0/s1. The number of hydrogen-bond donors (Lipinski definition) is 4. The predicted molar refractivity (Wildman–Crippen MR) is 116 cm³/mol. The lowest BCUT2D eigenvalue weighted by Gasteiger charge is -2.31. The third-order valence-corrected chi connectivity index (χ3v) is 5.11. The molecule has 4 rings (SSSR count). The maximum atomic E-state index is 12.4. The second-order valence-electron chi connectivity index (χ2n) is 7.44. The molecule has 0 saturated carbocycles. The van der Waals surface area contributed by atoms with Crippen LogP contribution in [0.4, 0.5) is 10.5 Å². The van der Waals surface area contributed by atoms with Gasteiger partial charge >= 0.3 is 6.03 Å². The summed E-state index contributed by atoms with van der Waals surface area (Å²) in [4.78, 5) is 24.6. The van der Waals surface area contributed by atoms with Gasteiger partial charge in [0.25, 0.3) is 0 Å². The van der Waals surface area contributed by atoms with Crippen LogP contribution in [-0.4, -0.2) is 48.7 Å². The third kappa shape index (κ3) is 5.57. The van der Waals surface area contributed by atoms with Crippen LogP contribution in [0.1, 0.15) is 12.0 Å². The number of fused-ring (bicyclic) bond motifs is 1. The van der Waals surface area contributed by atoms with Gasteiger partial charge in [-0.05, 0) is 17.7 Å². The quantitative estimate of drug-likeness (QED) is 0.490. The van der Waals surface area contributed by atoms with E-state index in [1.54, 1.807) is 30.4 Å². The van der Waals surface area contributed by atoms with Crippen molar-refractivity contribution in [2.75, 3.05) is 18.7 Å². The van der Waals surface area contributed by atoms with Crippen molar-refractivity contribution in [2.45, 2.75) is 31.2 Å². The molecule has 0 aliphatic carbocycles. The van der Waals surface area contributed by atoms with Crippen molar-refractivity contribution < 1.29 is 28.9 Å². The molecule has 0 unspecified atom stereocenters. The highest BCUT2D eigenvalue weighted by molar-refractivity contribution is 5.90. The normalized spacial score (nSPS) is 21.1. The van der Waals surface area contributed by atoms with E-state index in [-0.39, 0.29) is 25.7 Å². The van der Waals surface area contributed by atoms with Crippen molar-refractivity contribution in [3.63, 3.8) is 0 Å². The van der Waals surface area contributed by atoms with E-state index in [1.165, 1.54) is 0 Å². The van der Waals surface area contributed by atoms with Gasteiger partial charge in [-0.15, -0.1) is 0 Å². The summed E-state index contributed by atoms with van der Waals surface area (Å²) in [7, 11) is 0. The molecule has 2 aliphatic rings. The van der Waals surface area contributed by atoms with Crippen LogP contribution < -0.4 is 25.4 Å². The number of rotatable bonds is 7. The molecule has 2 heterocycles. The number of anilines is 1. The summed E-state index contributed by atoms with van der Waals surface area (Å²) in [6.45, 7) is 0.282. The van der Waals surface area contributed by atoms with Crippen LogP contribution in [0.15, 0.2) is 60.7 Å². The molecule has 0 fully saturated rings. The topological polar surface area (TPSA) is 118 Å². The van der Waals surface area contributed by atoms with E-state index >= 15 is 0 Å². The SMILES string of the molecule is O=C(C[C@@H]1C=C[C@H](NC(=O)Nc2ccc3c(c2)OCO3)[C@@H](CO)O1)NCc1ccccc1. The fourth-order valence-corrected chi connectivity index (χ4v) is 3.48. The van der Waals surface area contributed by atoms with E-state index in [1.807, 2.05) is 30.3 Å². The highest BCUT2D eigenvalue weighted by atomic mass is 16.7. The maximum Gasteiger partial charge on any atom is 0.319 e. The zero-order chi connectivity index (χ0) is 22.3. The second-order valence-corrected chi connectivity index (χ2v) is 7.44. The molecule has 168 valence electrons. The molecule has 3 atom stereocenters. The summed E-state index contributed by atoms with van der Waals surface area (Å²) >= 11 is 0. The number of hydrogen-bond acceptors (Lipinski definition) is 6. The average molecular weight is 439 g/mol. The first-order chi connectivity index (χ1) is 15.6. The van der Waals surface area contributed by atoms with Gasteiger partial charge < -0.3 is 35.3 Å². The molecule has 2 aromatic rings. The Morgan fingerprint density at radius 1 is 1.03 bits per heavy atom. The van der Waals surface area contributed by atoms with Gasteiger partial charge in [-0.2, -0.15) is 0 Å². The average Bonchev–Trinajstić information content (AvgIpc) is 3.27. The summed E-state index contributed by atoms with van der Waals surface area (Å²) in [5.74, 6) is 1.02. The second kappa shape index (κ2) is 10.2. The monoisotopic (exact) mass is 439 g/mol. The molecule has 3 amide bonds. The van der Waals surface area contributed by atoms with Gasteiger partial charge in [0.15, 0.2) is 11.5 Å². The van der Waals surface area contributed by atoms with Crippen LogP contribution in [0.25, 0.3) is 0 Å². The largest absolute Gasteiger partial charge is 0.454 e. The maximum absolute atomic E-state index is 12.4. The van der Waals surface area contributed by atoms with Gasteiger partial charge in [-0.1, -0.05) is 42.5 Å². The Morgan fingerprint density at radius 3 is 2.66 bits per heavy atom. The Labute approximate surface area is 185 Å². The van der Waals surface area contributed by atoms with Gasteiger partial charge in [0.2, 0.25) is 12.7 Å². The van der Waals surface area contributed by atoms with Gasteiger partial charge in [-0.3, -0.25) is 4.79 Å². The third-order valence-electron chi connectivity index (χ3n) is 5.11. The summed E-state index contributed by atoms with van der Waals surface area (Å²) in [6.07, 6.45) is 2.42. The molecular formula is C23H25N3O6. The van der Waals surface area contributed by atoms with Crippen LogP contribution in [-0.2, 0) is 16.1 Å². The number of benzene rings is 2. The zero-order valence-electron chi connectivity index (χ0n) is 17.3. The van der Waals surface area contributed by atoms with E-state index in [4.69, 9.17) is 14.2 Å². The van der Waals surface area contributed by atoms with Gasteiger partial charge in [0.05, 0.1) is 25.2 Å². The lowest BCUT2D eigenvalue weighted by atomic mass is 10.0. The fourth-order valence-electron chi connectivity index (χ4n) is 3.48. The highest BCUT2D eigenvalue weighted by Gasteiger charge is 2.29. The zero-order valence-corrected chi connectivity index (χ0v) is 17.3. The Bertz CT molecular complexity index is 981. The van der Waals surface area contributed by atoms with Crippen molar-refractivity contribution in [1.29, 1.82) is 0 Å². The molecular weight excluding hydrogens is 414 g/mol. The minimum Gasteiger partial charge on any atom is -0.454 e. The Hall–Kier alpha value is -3.56. The van der Waals surface area contributed by atoms with Crippen molar-refractivity contribution in [3.8, 4) is 11.5 Å². The van der Waals surface area contributed by atoms with Crippen molar-refractivity contribution >= 4 is 17.6 Å². The van der Waals surface area contributed by atoms with Crippen molar-refractivity contribution in [1.82, 2.24) is 10.6 Å². The predicted octanol–water partition coefficient (Wildman–Crippen LogP) is 1.93. The summed E-state index contributed by atoms with van der Waals surface area (Å²) < 4.78 is 16.4. The number of ether oxygens (including phenoxy) is 3. The molecule has 32 heavy (non-hydrogen) atoms. The van der Waals surface area contributed by atoms with Crippen molar-refractivity contribution in [3.05, 3.63) is 66.2 Å². The first kappa shape index (κ1) is 21.7. The van der Waals surface area contributed by atoms with Crippen LogP contribution in [0.2, 0.25) is 0 Å². The lowest BCUT2D eigenvalue weighted by molar-refractivity contribution is -0.125. The number of aliphatic hydroxyl groups excluding tert-OH is 1. The van der Waals surface area contributed by atoms with E-state index in [0.29, 0.717) is 23.7 Å². The van der Waals surface area contributed by atoms with Gasteiger partial charge in [0.1, 0.15) is 6.10 Å². The van der Waals surface area contributed by atoms with E-state index in [0.717, 1.165) is 5.56 Å². The molecule has 0 spiro atoms. The minimum atomic E-state index is -0.672. The number of aliphatic hydroxyl groups is 1. The number of amides is 3. The first-order valence-electron chi connectivity index (χ1n) is 10.3. The Morgan fingerprint density at radius 2 is 1.84 bits per heavy atom. The fraction of sp³-hybridized carbons (Fsp3) is 0.304. The number of carbonyl (C=O) groups is 2. The van der Waals surface area contributed by atoms with Crippen LogP contribution >= 0.6 is 0 Å². The van der Waals surface area contributed by atoms with Crippen LogP contribution in [0, 0.1) is 0 Å². The summed E-state index contributed by atoms with van der Waals surface area (Å²) in [5, 5.41) is 18.0. The number of nitrogens with one attached hydrogen (secondary N) is 3. The molecule has 0 saturated heterocycles. The van der Waals surface area contributed by atoms with Gasteiger partial charge in [-0.25, -0.2) is 4.79 Å². The smallest absolute Gasteiger partial charge is 0.319 e. The lowest BCUT2D eigenvalue weighted by Crippen LogP contribution is -2.50. The van der Waals surface area contributed by atoms with Crippen molar-refractivity contribution in [2.24, 2.45) is 0 Å². The van der Waals surface area contributed by atoms with Crippen LogP contribution in [0.3, 0.4) is 0 Å². The molecule has 4 N–H and O–H groups in total. The molecule has 0 bridgehead atoms. The Kier molecular flexibility index (Phi) is 6.88. The summed E-state index contributed by atoms with van der Waals surface area (Å²) in [5.41, 5.74) is 1.55. The molecule has 9 heteroatoms. The Balaban J connectivity index is 1.27. The van der Waals surface area contributed by atoms with E-state index in [9.17, 15) is 14.7 Å². The molecule has 0 aromatic heterocycles.